The number of hydrogen-bond acceptors (Lipinski definition) is 4. The molecule has 1 aliphatic heterocycles. The van der Waals surface area contributed by atoms with E-state index in [1.165, 1.54) is 5.69 Å². The van der Waals surface area contributed by atoms with Crippen molar-refractivity contribution in [3.8, 4) is 0 Å². The van der Waals surface area contributed by atoms with Gasteiger partial charge >= 0.3 is 0 Å². The summed E-state index contributed by atoms with van der Waals surface area (Å²) >= 11 is 0. The number of hydrogen-bond donors (Lipinski definition) is 1. The van der Waals surface area contributed by atoms with Crippen molar-refractivity contribution in [1.29, 1.82) is 0 Å². The van der Waals surface area contributed by atoms with Gasteiger partial charge in [-0.2, -0.15) is 5.10 Å². The molecule has 0 saturated carbocycles. The smallest absolute Gasteiger partial charge is 0.159 e. The topological polar surface area (TPSA) is 48.3 Å². The molecule has 2 heterocycles. The molecule has 0 bridgehead atoms. The van der Waals surface area contributed by atoms with Crippen LogP contribution in [0.4, 0.5) is 0 Å². The van der Waals surface area contributed by atoms with Crippen LogP contribution < -0.4 is 5.32 Å². The Labute approximate surface area is 108 Å². The van der Waals surface area contributed by atoms with Gasteiger partial charge in [0.05, 0.1) is 18.9 Å². The summed E-state index contributed by atoms with van der Waals surface area (Å²) < 4.78 is 13.0. The predicted octanol–water partition coefficient (Wildman–Crippen LogP) is 0.876. The average Bonchev–Trinajstić information content (AvgIpc) is 2.99. The molecule has 102 valence electrons. The molecule has 0 aromatic carbocycles. The first-order chi connectivity index (χ1) is 8.72. The van der Waals surface area contributed by atoms with Crippen LogP contribution in [0.15, 0.2) is 6.07 Å². The summed E-state index contributed by atoms with van der Waals surface area (Å²) in [4.78, 5) is 0. The molecule has 1 aromatic rings. The third-order valence-corrected chi connectivity index (χ3v) is 3.42. The summed E-state index contributed by atoms with van der Waals surface area (Å²) in [6, 6.07) is 2.54. The van der Waals surface area contributed by atoms with E-state index < -0.39 is 0 Å². The standard InChI is InChI=1S/C13H23N3O2/c1-4-10-7-12(16(3)15-10)8-11(14-2)9-13-17-5-6-18-13/h7,11,13-14H,4-6,8-9H2,1-3H3. The summed E-state index contributed by atoms with van der Waals surface area (Å²) in [5, 5.41) is 7.81. The second-order valence-corrected chi connectivity index (χ2v) is 4.70. The molecule has 5 nitrogen and oxygen atoms in total. The van der Waals surface area contributed by atoms with E-state index >= 15 is 0 Å². The summed E-state index contributed by atoms with van der Waals surface area (Å²) in [6.07, 6.45) is 2.75. The van der Waals surface area contributed by atoms with Crippen molar-refractivity contribution in [2.24, 2.45) is 7.05 Å². The Hall–Kier alpha value is -0.910. The Bertz CT molecular complexity index is 372. The van der Waals surface area contributed by atoms with Crippen molar-refractivity contribution in [3.05, 3.63) is 17.5 Å². The van der Waals surface area contributed by atoms with Gasteiger partial charge in [0.1, 0.15) is 0 Å². The van der Waals surface area contributed by atoms with Crippen LogP contribution in [0.1, 0.15) is 24.7 Å². The zero-order valence-electron chi connectivity index (χ0n) is 11.5. The highest BCUT2D eigenvalue weighted by Crippen LogP contribution is 2.14. The third-order valence-electron chi connectivity index (χ3n) is 3.42. The predicted molar refractivity (Wildman–Crippen MR) is 69.4 cm³/mol. The average molecular weight is 253 g/mol. The molecule has 1 atom stereocenters. The van der Waals surface area contributed by atoms with Gasteiger partial charge in [0.25, 0.3) is 0 Å². The van der Waals surface area contributed by atoms with E-state index in [0.717, 1.165) is 25.0 Å². The van der Waals surface area contributed by atoms with E-state index in [-0.39, 0.29) is 6.29 Å². The van der Waals surface area contributed by atoms with E-state index in [0.29, 0.717) is 19.3 Å². The maximum absolute atomic E-state index is 5.49. The highest BCUT2D eigenvalue weighted by atomic mass is 16.7. The molecule has 2 rings (SSSR count). The number of aryl methyl sites for hydroxylation is 2. The minimum atomic E-state index is -0.0543. The first-order valence-electron chi connectivity index (χ1n) is 6.65. The molecule has 1 saturated heterocycles. The first kappa shape index (κ1) is 13.5. The number of aromatic nitrogens is 2. The Morgan fingerprint density at radius 3 is 2.78 bits per heavy atom. The molecule has 1 aromatic heterocycles. The number of nitrogens with zero attached hydrogens (tertiary/aromatic N) is 2. The molecular weight excluding hydrogens is 230 g/mol. The van der Waals surface area contributed by atoms with Crippen LogP contribution in [-0.2, 0) is 29.4 Å². The van der Waals surface area contributed by atoms with Crippen LogP contribution in [0.2, 0.25) is 0 Å². The second kappa shape index (κ2) is 6.31. The van der Waals surface area contributed by atoms with Crippen molar-refractivity contribution in [2.45, 2.75) is 38.5 Å². The quantitative estimate of drug-likeness (QED) is 0.817. The van der Waals surface area contributed by atoms with E-state index in [1.807, 2.05) is 18.8 Å². The molecule has 18 heavy (non-hydrogen) atoms. The van der Waals surface area contributed by atoms with Gasteiger partial charge in [-0.25, -0.2) is 0 Å². The van der Waals surface area contributed by atoms with Crippen molar-refractivity contribution in [3.63, 3.8) is 0 Å². The van der Waals surface area contributed by atoms with Gasteiger partial charge in [-0.1, -0.05) is 6.92 Å². The van der Waals surface area contributed by atoms with E-state index in [2.05, 4.69) is 23.4 Å². The Morgan fingerprint density at radius 1 is 1.50 bits per heavy atom. The van der Waals surface area contributed by atoms with E-state index in [1.54, 1.807) is 0 Å². The largest absolute Gasteiger partial charge is 0.350 e. The minimum Gasteiger partial charge on any atom is -0.350 e. The monoisotopic (exact) mass is 253 g/mol. The molecule has 1 N–H and O–H groups in total. The van der Waals surface area contributed by atoms with Crippen molar-refractivity contribution in [2.75, 3.05) is 20.3 Å². The molecule has 0 aliphatic carbocycles. The van der Waals surface area contributed by atoms with Crippen LogP contribution in [0.25, 0.3) is 0 Å². The van der Waals surface area contributed by atoms with Gasteiger partial charge in [-0.3, -0.25) is 4.68 Å². The highest BCUT2D eigenvalue weighted by Gasteiger charge is 2.21. The SMILES string of the molecule is CCc1cc(CC(CC2OCCO2)NC)n(C)n1. The molecular formula is C13H23N3O2. The summed E-state index contributed by atoms with van der Waals surface area (Å²) in [5.74, 6) is 0. The fraction of sp³-hybridized carbons (Fsp3) is 0.769. The summed E-state index contributed by atoms with van der Waals surface area (Å²) in [5.41, 5.74) is 2.40. The normalized spacial score (nSPS) is 18.4. The van der Waals surface area contributed by atoms with E-state index in [4.69, 9.17) is 9.47 Å². The molecule has 1 unspecified atom stereocenters. The van der Waals surface area contributed by atoms with Crippen molar-refractivity contribution < 1.29 is 9.47 Å². The number of likely N-dealkylation sites (N-methyl/N-ethyl adjacent to an activating group) is 1. The Balaban J connectivity index is 1.93. The number of nitrogens with one attached hydrogen (secondary N) is 1. The maximum atomic E-state index is 5.49. The number of ether oxygens (including phenoxy) is 2. The molecule has 1 aliphatic rings. The van der Waals surface area contributed by atoms with Crippen LogP contribution in [0.3, 0.4) is 0 Å². The summed E-state index contributed by atoms with van der Waals surface area (Å²) in [7, 11) is 3.99. The van der Waals surface area contributed by atoms with Crippen LogP contribution in [-0.4, -0.2) is 42.4 Å². The third kappa shape index (κ3) is 3.31. The van der Waals surface area contributed by atoms with Crippen molar-refractivity contribution >= 4 is 0 Å². The zero-order valence-corrected chi connectivity index (χ0v) is 11.5. The first-order valence-corrected chi connectivity index (χ1v) is 6.65. The fourth-order valence-corrected chi connectivity index (χ4v) is 2.27. The molecule has 0 amide bonds. The lowest BCUT2D eigenvalue weighted by molar-refractivity contribution is -0.0523. The zero-order chi connectivity index (χ0) is 13.0. The number of rotatable bonds is 6. The molecule has 5 heteroatoms. The Kier molecular flexibility index (Phi) is 4.74. The summed E-state index contributed by atoms with van der Waals surface area (Å²) in [6.45, 7) is 3.56. The van der Waals surface area contributed by atoms with Gasteiger partial charge in [0.15, 0.2) is 6.29 Å². The van der Waals surface area contributed by atoms with Gasteiger partial charge in [-0.05, 0) is 19.5 Å². The van der Waals surface area contributed by atoms with Gasteiger partial charge in [-0.15, -0.1) is 0 Å². The second-order valence-electron chi connectivity index (χ2n) is 4.70. The molecule has 0 spiro atoms. The molecule has 0 radical (unpaired) electrons. The van der Waals surface area contributed by atoms with Crippen molar-refractivity contribution in [1.82, 2.24) is 15.1 Å². The minimum absolute atomic E-state index is 0.0543. The van der Waals surface area contributed by atoms with Crippen LogP contribution in [0.5, 0.6) is 0 Å². The maximum Gasteiger partial charge on any atom is 0.159 e. The lowest BCUT2D eigenvalue weighted by Crippen LogP contribution is -2.32. The van der Waals surface area contributed by atoms with Crippen LogP contribution >= 0.6 is 0 Å². The lowest BCUT2D eigenvalue weighted by atomic mass is 10.1. The van der Waals surface area contributed by atoms with Gasteiger partial charge in [0, 0.05) is 31.6 Å². The lowest BCUT2D eigenvalue weighted by Gasteiger charge is -2.19. The van der Waals surface area contributed by atoms with Crippen LogP contribution in [0, 0.1) is 0 Å². The van der Waals surface area contributed by atoms with E-state index in [9.17, 15) is 0 Å². The highest BCUT2D eigenvalue weighted by molar-refractivity contribution is 5.11. The molecule has 1 fully saturated rings. The fourth-order valence-electron chi connectivity index (χ4n) is 2.27. The van der Waals surface area contributed by atoms with Gasteiger partial charge < -0.3 is 14.8 Å². The Morgan fingerprint density at radius 2 is 2.22 bits per heavy atom. The van der Waals surface area contributed by atoms with Gasteiger partial charge in [0.2, 0.25) is 0 Å².